The van der Waals surface area contributed by atoms with E-state index in [9.17, 15) is 9.90 Å². The van der Waals surface area contributed by atoms with Crippen LogP contribution < -0.4 is 16.0 Å². The molecule has 1 aliphatic carbocycles. The van der Waals surface area contributed by atoms with Crippen LogP contribution in [0.2, 0.25) is 0 Å². The molecule has 4 rings (SSSR count). The maximum Gasteiger partial charge on any atom is 0.221 e. The molecule has 2 heterocycles. The third kappa shape index (κ3) is 3.89. The number of amides is 1. The number of rotatable bonds is 2. The number of nitrogens with zero attached hydrogens (tertiary/aromatic N) is 3. The van der Waals surface area contributed by atoms with Gasteiger partial charge in [0.1, 0.15) is 11.4 Å². The van der Waals surface area contributed by atoms with Gasteiger partial charge in [0, 0.05) is 47.7 Å². The summed E-state index contributed by atoms with van der Waals surface area (Å²) in [5.74, 6) is 7.03. The fourth-order valence-corrected chi connectivity index (χ4v) is 4.09. The van der Waals surface area contributed by atoms with Crippen LogP contribution in [0.25, 0.3) is 0 Å². The Morgan fingerprint density at radius 3 is 2.83 bits per heavy atom. The van der Waals surface area contributed by atoms with Crippen molar-refractivity contribution >= 4 is 29.0 Å². The van der Waals surface area contributed by atoms with Crippen LogP contribution in [0.5, 0.6) is 0 Å². The lowest BCUT2D eigenvalue weighted by Gasteiger charge is -2.21. The van der Waals surface area contributed by atoms with Gasteiger partial charge < -0.3 is 21.1 Å². The lowest BCUT2D eigenvalue weighted by Crippen LogP contribution is -2.20. The summed E-state index contributed by atoms with van der Waals surface area (Å²) in [7, 11) is 0. The quantitative estimate of drug-likeness (QED) is 0.680. The number of nitrogens with two attached hydrogens (primary N) is 1. The van der Waals surface area contributed by atoms with E-state index in [1.54, 1.807) is 6.20 Å². The van der Waals surface area contributed by atoms with Crippen LogP contribution in [0.4, 0.5) is 23.1 Å². The molecule has 150 valence electrons. The van der Waals surface area contributed by atoms with E-state index in [0.29, 0.717) is 12.8 Å². The minimum Gasteiger partial charge on any atom is -0.378 e. The van der Waals surface area contributed by atoms with E-state index in [-0.39, 0.29) is 11.9 Å². The second kappa shape index (κ2) is 7.37. The molecule has 0 spiro atoms. The van der Waals surface area contributed by atoms with Crippen molar-refractivity contribution in [3.8, 4) is 11.8 Å². The molecule has 1 aromatic carbocycles. The summed E-state index contributed by atoms with van der Waals surface area (Å²) >= 11 is 0. The average molecular weight is 391 g/mol. The van der Waals surface area contributed by atoms with Crippen LogP contribution in [-0.4, -0.2) is 33.1 Å². The standard InChI is InChI=1S/C22H25N5O2/c1-14-13-24-21(23)26-20(14)27-10-6-17-18(25-15(2)28)11-16(12-19(17)27)5-9-22(29)7-3-4-8-22/h11-13,29H,3-4,6-8,10H2,1-2H3,(H,25,28)(H2,23,24,26). The molecular weight excluding hydrogens is 366 g/mol. The molecule has 1 saturated carbocycles. The van der Waals surface area contributed by atoms with Crippen LogP contribution in [0.3, 0.4) is 0 Å². The van der Waals surface area contributed by atoms with E-state index in [1.807, 2.05) is 19.1 Å². The van der Waals surface area contributed by atoms with Crippen LogP contribution in [0, 0.1) is 18.8 Å². The molecule has 0 unspecified atom stereocenters. The number of aryl methyl sites for hydroxylation is 1. The zero-order valence-electron chi connectivity index (χ0n) is 16.7. The summed E-state index contributed by atoms with van der Waals surface area (Å²) < 4.78 is 0. The zero-order valence-corrected chi connectivity index (χ0v) is 16.7. The van der Waals surface area contributed by atoms with E-state index in [1.165, 1.54) is 6.92 Å². The normalized spacial score (nSPS) is 16.9. The Morgan fingerprint density at radius 2 is 2.10 bits per heavy atom. The van der Waals surface area contributed by atoms with Crippen molar-refractivity contribution in [2.24, 2.45) is 0 Å². The van der Waals surface area contributed by atoms with E-state index in [2.05, 4.69) is 32.0 Å². The highest BCUT2D eigenvalue weighted by molar-refractivity contribution is 5.92. The number of hydrogen-bond donors (Lipinski definition) is 3. The smallest absolute Gasteiger partial charge is 0.221 e. The van der Waals surface area contributed by atoms with Crippen LogP contribution >= 0.6 is 0 Å². The van der Waals surface area contributed by atoms with Crippen molar-refractivity contribution in [3.05, 3.63) is 35.0 Å². The highest BCUT2D eigenvalue weighted by atomic mass is 16.3. The Kier molecular flexibility index (Phi) is 4.89. The van der Waals surface area contributed by atoms with Crippen molar-refractivity contribution < 1.29 is 9.90 Å². The molecule has 2 aromatic rings. The van der Waals surface area contributed by atoms with Crippen molar-refractivity contribution in [2.75, 3.05) is 22.5 Å². The number of hydrogen-bond acceptors (Lipinski definition) is 6. The minimum atomic E-state index is -0.912. The monoisotopic (exact) mass is 391 g/mol. The summed E-state index contributed by atoms with van der Waals surface area (Å²) in [4.78, 5) is 22.3. The lowest BCUT2D eigenvalue weighted by atomic mass is 10.0. The van der Waals surface area contributed by atoms with Gasteiger partial charge in [0.05, 0.1) is 0 Å². The number of anilines is 4. The van der Waals surface area contributed by atoms with Gasteiger partial charge in [-0.15, -0.1) is 0 Å². The average Bonchev–Trinajstić information content (AvgIpc) is 3.29. The molecule has 0 radical (unpaired) electrons. The maximum atomic E-state index is 11.8. The molecule has 0 saturated heterocycles. The predicted molar refractivity (Wildman–Crippen MR) is 113 cm³/mol. The minimum absolute atomic E-state index is 0.132. The maximum absolute atomic E-state index is 11.8. The second-order valence-corrected chi connectivity index (χ2v) is 7.83. The van der Waals surface area contributed by atoms with Gasteiger partial charge in [0.25, 0.3) is 0 Å². The molecule has 0 atom stereocenters. The number of aromatic nitrogens is 2. The molecule has 1 aliphatic heterocycles. The Hall–Kier alpha value is -3.11. The molecule has 1 amide bonds. The number of nitrogens with one attached hydrogen (secondary N) is 1. The fourth-order valence-electron chi connectivity index (χ4n) is 4.09. The molecule has 4 N–H and O–H groups in total. The topological polar surface area (TPSA) is 104 Å². The molecular formula is C22H25N5O2. The Labute approximate surface area is 170 Å². The van der Waals surface area contributed by atoms with E-state index in [4.69, 9.17) is 5.73 Å². The first-order valence-electron chi connectivity index (χ1n) is 9.91. The SMILES string of the molecule is CC(=O)Nc1cc(C#CC2(O)CCCC2)cc2c1CCN2c1nc(N)ncc1C. The highest BCUT2D eigenvalue weighted by Crippen LogP contribution is 2.40. The summed E-state index contributed by atoms with van der Waals surface area (Å²) in [5.41, 5.74) is 9.31. The van der Waals surface area contributed by atoms with Crippen molar-refractivity contribution in [1.82, 2.24) is 9.97 Å². The molecule has 1 fully saturated rings. The van der Waals surface area contributed by atoms with Gasteiger partial charge in [-0.25, -0.2) is 4.98 Å². The molecule has 2 aliphatic rings. The first-order chi connectivity index (χ1) is 13.8. The second-order valence-electron chi connectivity index (χ2n) is 7.83. The lowest BCUT2D eigenvalue weighted by molar-refractivity contribution is -0.114. The van der Waals surface area contributed by atoms with Crippen molar-refractivity contribution in [1.29, 1.82) is 0 Å². The number of nitrogen functional groups attached to an aromatic ring is 1. The number of carbonyl (C=O) groups excluding carboxylic acids is 1. The van der Waals surface area contributed by atoms with Gasteiger partial charge in [0.15, 0.2) is 0 Å². The largest absolute Gasteiger partial charge is 0.378 e. The fraction of sp³-hybridized carbons (Fsp3) is 0.409. The van der Waals surface area contributed by atoms with E-state index in [0.717, 1.165) is 59.7 Å². The van der Waals surface area contributed by atoms with Gasteiger partial charge in [0.2, 0.25) is 11.9 Å². The van der Waals surface area contributed by atoms with Gasteiger partial charge in [-0.3, -0.25) is 4.79 Å². The van der Waals surface area contributed by atoms with E-state index >= 15 is 0 Å². The molecule has 7 nitrogen and oxygen atoms in total. The van der Waals surface area contributed by atoms with E-state index < -0.39 is 5.60 Å². The Balaban J connectivity index is 1.79. The summed E-state index contributed by atoms with van der Waals surface area (Å²) in [6.07, 6.45) is 5.88. The number of fused-ring (bicyclic) bond motifs is 1. The molecule has 1 aromatic heterocycles. The highest BCUT2D eigenvalue weighted by Gasteiger charge is 2.29. The molecule has 29 heavy (non-hydrogen) atoms. The first kappa shape index (κ1) is 19.2. The van der Waals surface area contributed by atoms with Crippen molar-refractivity contribution in [3.63, 3.8) is 0 Å². The predicted octanol–water partition coefficient (Wildman–Crippen LogP) is 2.68. The van der Waals surface area contributed by atoms with Gasteiger partial charge in [-0.05, 0) is 51.2 Å². The Bertz CT molecular complexity index is 1030. The third-order valence-electron chi connectivity index (χ3n) is 5.50. The van der Waals surface area contributed by atoms with Gasteiger partial charge in [-0.2, -0.15) is 4.98 Å². The first-order valence-corrected chi connectivity index (χ1v) is 9.91. The van der Waals surface area contributed by atoms with Gasteiger partial charge >= 0.3 is 0 Å². The van der Waals surface area contributed by atoms with Crippen LogP contribution in [-0.2, 0) is 11.2 Å². The number of carbonyl (C=O) groups is 1. The zero-order chi connectivity index (χ0) is 20.6. The van der Waals surface area contributed by atoms with Crippen LogP contribution in [0.15, 0.2) is 18.3 Å². The summed E-state index contributed by atoms with van der Waals surface area (Å²) in [5, 5.41) is 13.5. The van der Waals surface area contributed by atoms with Crippen LogP contribution in [0.1, 0.15) is 49.3 Å². The third-order valence-corrected chi connectivity index (χ3v) is 5.50. The molecule has 0 bridgehead atoms. The summed E-state index contributed by atoms with van der Waals surface area (Å²) in [6, 6.07) is 3.88. The number of aliphatic hydroxyl groups is 1. The Morgan fingerprint density at radius 1 is 1.34 bits per heavy atom. The summed E-state index contributed by atoms with van der Waals surface area (Å²) in [6.45, 7) is 4.16. The van der Waals surface area contributed by atoms with Gasteiger partial charge in [-0.1, -0.05) is 11.8 Å². The number of benzene rings is 1. The molecule has 7 heteroatoms. The van der Waals surface area contributed by atoms with Crippen molar-refractivity contribution in [2.45, 2.75) is 51.6 Å².